The number of unbranched alkanes of at least 4 members (excludes halogenated alkanes) is 15. The minimum absolute atomic E-state index is 0. The molecule has 0 saturated carbocycles. The largest absolute Gasteiger partial charge is 0.147 e. The molecule has 1 aromatic carbocycles. The molecular formula is C27H50ClP. The fraction of sp³-hybridized carbons (Fsp3) is 0.778. The summed E-state index contributed by atoms with van der Waals surface area (Å²) < 4.78 is 0. The van der Waals surface area contributed by atoms with Crippen molar-refractivity contribution in [3.05, 3.63) is 35.4 Å². The van der Waals surface area contributed by atoms with Crippen LogP contribution >= 0.6 is 21.6 Å². The molecule has 0 aromatic heterocycles. The molecule has 2 heteroatoms. The Morgan fingerprint density at radius 2 is 1.00 bits per heavy atom. The summed E-state index contributed by atoms with van der Waals surface area (Å²) in [6.07, 6.45) is 24.3. The lowest BCUT2D eigenvalue weighted by atomic mass is 9.93. The van der Waals surface area contributed by atoms with Gasteiger partial charge in [-0.05, 0) is 24.0 Å². The van der Waals surface area contributed by atoms with Crippen LogP contribution in [0, 0.1) is 0 Å². The molecule has 0 aliphatic carbocycles. The molecule has 1 rings (SSSR count). The number of rotatable bonds is 18. The summed E-state index contributed by atoms with van der Waals surface area (Å²) in [6, 6.07) is 9.00. The first-order valence-electron chi connectivity index (χ1n) is 12.4. The Morgan fingerprint density at radius 3 is 1.41 bits per heavy atom. The molecule has 0 bridgehead atoms. The third-order valence-electron chi connectivity index (χ3n) is 6.01. The molecule has 170 valence electrons. The quantitative estimate of drug-likeness (QED) is 0.157. The molecule has 0 aliphatic rings. The van der Waals surface area contributed by atoms with E-state index in [4.69, 9.17) is 0 Å². The van der Waals surface area contributed by atoms with Crippen molar-refractivity contribution in [1.29, 1.82) is 0 Å². The van der Waals surface area contributed by atoms with Gasteiger partial charge in [-0.25, -0.2) is 0 Å². The number of benzene rings is 1. The second-order valence-corrected chi connectivity index (χ2v) is 10.9. The van der Waals surface area contributed by atoms with Crippen LogP contribution in [-0.2, 0) is 11.6 Å². The summed E-state index contributed by atoms with van der Waals surface area (Å²) in [5, 5.41) is 0.186. The van der Waals surface area contributed by atoms with Gasteiger partial charge in [0.25, 0.3) is 0 Å². The Bertz CT molecular complexity index is 478. The molecule has 0 N–H and O–H groups in total. The molecule has 0 amide bonds. The van der Waals surface area contributed by atoms with Crippen LogP contribution in [0.4, 0.5) is 0 Å². The molecule has 1 unspecified atom stereocenters. The fourth-order valence-corrected chi connectivity index (χ4v) is 4.51. The lowest BCUT2D eigenvalue weighted by Crippen LogP contribution is -2.10. The van der Waals surface area contributed by atoms with E-state index in [1.54, 1.807) is 5.56 Å². The van der Waals surface area contributed by atoms with Gasteiger partial charge in [0.2, 0.25) is 0 Å². The highest BCUT2D eigenvalue weighted by atomic mass is 35.5. The van der Waals surface area contributed by atoms with E-state index in [9.17, 15) is 0 Å². The lowest BCUT2D eigenvalue weighted by molar-refractivity contribution is 0.529. The monoisotopic (exact) mass is 440 g/mol. The summed E-state index contributed by atoms with van der Waals surface area (Å²) in [6.45, 7) is 6.89. The summed E-state index contributed by atoms with van der Waals surface area (Å²) in [7, 11) is 3.00. The topological polar surface area (TPSA) is 0 Å². The third-order valence-corrected chi connectivity index (χ3v) is 6.32. The Morgan fingerprint density at radius 1 is 0.621 bits per heavy atom. The number of hydrogen-bond donors (Lipinski definition) is 0. The average Bonchev–Trinajstić information content (AvgIpc) is 2.67. The van der Waals surface area contributed by atoms with Gasteiger partial charge < -0.3 is 0 Å². The van der Waals surface area contributed by atoms with Gasteiger partial charge in [-0.3, -0.25) is 0 Å². The maximum absolute atomic E-state index is 3.00. The van der Waals surface area contributed by atoms with E-state index in [0.717, 1.165) is 0 Å². The van der Waals surface area contributed by atoms with E-state index in [1.807, 2.05) is 0 Å². The molecule has 0 spiro atoms. The van der Waals surface area contributed by atoms with E-state index in [0.29, 0.717) is 0 Å². The van der Waals surface area contributed by atoms with Crippen molar-refractivity contribution in [1.82, 2.24) is 0 Å². The summed E-state index contributed by atoms with van der Waals surface area (Å²) in [5.41, 5.74) is 3.05. The smallest absolute Gasteiger partial charge is 0.00440 e. The molecule has 0 aliphatic heterocycles. The van der Waals surface area contributed by atoms with Crippen molar-refractivity contribution in [2.45, 2.75) is 135 Å². The normalized spacial score (nSPS) is 11.4. The lowest BCUT2D eigenvalue weighted by Gasteiger charge is -2.22. The average molecular weight is 441 g/mol. The SMILES string of the molecule is CCCCCCCCCCCCCCCCCCc1ccccc1C(C)(C)P.Cl. The maximum atomic E-state index is 3.00. The molecule has 0 heterocycles. The first-order valence-corrected chi connectivity index (χ1v) is 13.0. The summed E-state index contributed by atoms with van der Waals surface area (Å²) in [4.78, 5) is 0. The first-order chi connectivity index (χ1) is 13.6. The Labute approximate surface area is 192 Å². The van der Waals surface area contributed by atoms with E-state index < -0.39 is 0 Å². The highest BCUT2D eigenvalue weighted by molar-refractivity contribution is 7.18. The number of halogens is 1. The Kier molecular flexibility index (Phi) is 18.6. The van der Waals surface area contributed by atoms with Crippen molar-refractivity contribution >= 4 is 21.6 Å². The van der Waals surface area contributed by atoms with Gasteiger partial charge in [0.05, 0.1) is 0 Å². The predicted molar refractivity (Wildman–Crippen MR) is 140 cm³/mol. The molecule has 0 nitrogen and oxygen atoms in total. The van der Waals surface area contributed by atoms with Gasteiger partial charge in [0.1, 0.15) is 0 Å². The van der Waals surface area contributed by atoms with Gasteiger partial charge in [0.15, 0.2) is 0 Å². The van der Waals surface area contributed by atoms with E-state index >= 15 is 0 Å². The van der Waals surface area contributed by atoms with Crippen LogP contribution in [0.5, 0.6) is 0 Å². The Hall–Kier alpha value is -0.0600. The van der Waals surface area contributed by atoms with Gasteiger partial charge in [-0.2, -0.15) is 0 Å². The van der Waals surface area contributed by atoms with E-state index in [1.165, 1.54) is 115 Å². The van der Waals surface area contributed by atoms with Gasteiger partial charge >= 0.3 is 0 Å². The second kappa shape index (κ2) is 18.7. The highest BCUT2D eigenvalue weighted by Crippen LogP contribution is 2.33. The fourth-order valence-electron chi connectivity index (χ4n) is 4.23. The molecular weight excluding hydrogens is 391 g/mol. The van der Waals surface area contributed by atoms with Crippen LogP contribution in [0.1, 0.15) is 135 Å². The summed E-state index contributed by atoms with van der Waals surface area (Å²) >= 11 is 0. The predicted octanol–water partition coefficient (Wildman–Crippen LogP) is 10.0. The molecule has 29 heavy (non-hydrogen) atoms. The zero-order chi connectivity index (χ0) is 20.5. The zero-order valence-corrected chi connectivity index (χ0v) is 21.8. The Balaban J connectivity index is 0.00000784. The molecule has 0 fully saturated rings. The van der Waals surface area contributed by atoms with Crippen LogP contribution in [-0.4, -0.2) is 0 Å². The van der Waals surface area contributed by atoms with E-state index in [-0.39, 0.29) is 17.6 Å². The maximum Gasteiger partial charge on any atom is 0.00440 e. The second-order valence-electron chi connectivity index (χ2n) is 9.43. The summed E-state index contributed by atoms with van der Waals surface area (Å²) in [5.74, 6) is 0. The van der Waals surface area contributed by atoms with Gasteiger partial charge in [-0.15, -0.1) is 21.6 Å². The molecule has 1 atom stereocenters. The van der Waals surface area contributed by atoms with Crippen LogP contribution in [0.15, 0.2) is 24.3 Å². The minimum Gasteiger partial charge on any atom is -0.147 e. The zero-order valence-electron chi connectivity index (χ0n) is 19.8. The van der Waals surface area contributed by atoms with Crippen LogP contribution in [0.2, 0.25) is 0 Å². The van der Waals surface area contributed by atoms with Crippen molar-refractivity contribution in [2.24, 2.45) is 0 Å². The standard InChI is InChI=1S/C27H49P.ClH/c1-4-5-6-7-8-9-10-11-12-13-14-15-16-17-18-19-22-25-23-20-21-24-26(25)27(2,3)28;/h20-21,23-24H,4-19,22,28H2,1-3H3;1H. The van der Waals surface area contributed by atoms with Crippen molar-refractivity contribution in [2.75, 3.05) is 0 Å². The molecule has 0 radical (unpaired) electrons. The van der Waals surface area contributed by atoms with Crippen LogP contribution in [0.25, 0.3) is 0 Å². The van der Waals surface area contributed by atoms with Crippen LogP contribution in [0.3, 0.4) is 0 Å². The third kappa shape index (κ3) is 15.4. The van der Waals surface area contributed by atoms with E-state index in [2.05, 4.69) is 54.3 Å². The number of hydrogen-bond acceptors (Lipinski definition) is 0. The van der Waals surface area contributed by atoms with Crippen molar-refractivity contribution < 1.29 is 0 Å². The van der Waals surface area contributed by atoms with Crippen molar-refractivity contribution in [3.63, 3.8) is 0 Å². The van der Waals surface area contributed by atoms with Crippen LogP contribution < -0.4 is 0 Å². The van der Waals surface area contributed by atoms with Gasteiger partial charge in [0, 0.05) is 5.16 Å². The van der Waals surface area contributed by atoms with Crippen molar-refractivity contribution in [3.8, 4) is 0 Å². The highest BCUT2D eigenvalue weighted by Gasteiger charge is 2.16. The van der Waals surface area contributed by atoms with Gasteiger partial charge in [-0.1, -0.05) is 141 Å². The molecule has 0 saturated heterocycles. The minimum atomic E-state index is 0. The first kappa shape index (κ1) is 28.9. The number of aryl methyl sites for hydroxylation is 1. The molecule has 1 aromatic rings.